The van der Waals surface area contributed by atoms with Crippen molar-refractivity contribution in [3.05, 3.63) is 30.3 Å². The maximum atomic E-state index is 11.9. The van der Waals surface area contributed by atoms with Gasteiger partial charge in [-0.1, -0.05) is 18.2 Å². The molecule has 5 nitrogen and oxygen atoms in total. The summed E-state index contributed by atoms with van der Waals surface area (Å²) in [5.41, 5.74) is 0.0443. The third-order valence-electron chi connectivity index (χ3n) is 3.33. The summed E-state index contributed by atoms with van der Waals surface area (Å²) in [4.78, 5) is 24.3. The lowest BCUT2D eigenvalue weighted by atomic mass is 10.1. The first-order valence-electron chi connectivity index (χ1n) is 5.85. The van der Waals surface area contributed by atoms with E-state index in [1.165, 1.54) is 4.90 Å². The number of para-hydroxylation sites is 1. The highest BCUT2D eigenvalue weighted by molar-refractivity contribution is 5.91. The van der Waals surface area contributed by atoms with E-state index in [-0.39, 0.29) is 12.6 Å². The number of amides is 2. The molecule has 0 atom stereocenters. The van der Waals surface area contributed by atoms with Crippen LogP contribution in [-0.2, 0) is 4.79 Å². The number of hydrogen-bond acceptors (Lipinski definition) is 2. The summed E-state index contributed by atoms with van der Waals surface area (Å²) in [5.74, 6) is -0.829. The second-order valence-electron chi connectivity index (χ2n) is 4.64. The minimum atomic E-state index is -0.829. The molecule has 1 aromatic carbocycles. The topological polar surface area (TPSA) is 69.6 Å². The third-order valence-corrected chi connectivity index (χ3v) is 3.33. The van der Waals surface area contributed by atoms with Crippen molar-refractivity contribution in [3.63, 3.8) is 0 Å². The average molecular weight is 248 g/mol. The summed E-state index contributed by atoms with van der Waals surface area (Å²) >= 11 is 0. The minimum Gasteiger partial charge on any atom is -0.481 e. The fraction of sp³-hybridized carbons (Fsp3) is 0.385. The highest BCUT2D eigenvalue weighted by Crippen LogP contribution is 2.45. The van der Waals surface area contributed by atoms with Crippen molar-refractivity contribution in [2.75, 3.05) is 18.5 Å². The van der Waals surface area contributed by atoms with Crippen LogP contribution in [0.15, 0.2) is 30.3 Å². The van der Waals surface area contributed by atoms with Crippen molar-refractivity contribution in [2.45, 2.75) is 12.8 Å². The van der Waals surface area contributed by atoms with Gasteiger partial charge in [0.05, 0.1) is 5.41 Å². The Morgan fingerprint density at radius 1 is 1.33 bits per heavy atom. The number of carbonyl (C=O) groups excluding carboxylic acids is 1. The number of carboxylic acid groups (broad SMARTS) is 1. The van der Waals surface area contributed by atoms with E-state index in [1.54, 1.807) is 7.05 Å². The van der Waals surface area contributed by atoms with Crippen molar-refractivity contribution in [1.82, 2.24) is 5.32 Å². The van der Waals surface area contributed by atoms with Gasteiger partial charge in [-0.2, -0.15) is 0 Å². The van der Waals surface area contributed by atoms with Crippen LogP contribution in [0.3, 0.4) is 0 Å². The van der Waals surface area contributed by atoms with Crippen LogP contribution >= 0.6 is 0 Å². The van der Waals surface area contributed by atoms with E-state index in [0.717, 1.165) is 5.69 Å². The molecule has 0 aromatic heterocycles. The Morgan fingerprint density at radius 2 is 1.94 bits per heavy atom. The number of benzene rings is 1. The molecule has 2 N–H and O–H groups in total. The summed E-state index contributed by atoms with van der Waals surface area (Å²) < 4.78 is 0. The molecule has 1 aliphatic rings. The molecule has 1 aliphatic carbocycles. The van der Waals surface area contributed by atoms with E-state index in [1.807, 2.05) is 30.3 Å². The Labute approximate surface area is 105 Å². The van der Waals surface area contributed by atoms with Gasteiger partial charge in [0.25, 0.3) is 0 Å². The Balaban J connectivity index is 1.91. The maximum Gasteiger partial charge on any atom is 0.321 e. The van der Waals surface area contributed by atoms with E-state index in [9.17, 15) is 9.59 Å². The van der Waals surface area contributed by atoms with Gasteiger partial charge < -0.3 is 10.4 Å². The highest BCUT2D eigenvalue weighted by atomic mass is 16.4. The number of rotatable bonds is 4. The predicted molar refractivity (Wildman–Crippen MR) is 67.5 cm³/mol. The number of hydrogen-bond donors (Lipinski definition) is 2. The SMILES string of the molecule is CN(C(=O)NCC1(C(=O)O)CC1)c1ccccc1. The Bertz CT molecular complexity index is 455. The minimum absolute atomic E-state index is 0.193. The molecule has 1 saturated carbocycles. The molecule has 1 aromatic rings. The molecular weight excluding hydrogens is 232 g/mol. The lowest BCUT2D eigenvalue weighted by Crippen LogP contribution is -2.41. The van der Waals surface area contributed by atoms with Gasteiger partial charge in [-0.05, 0) is 25.0 Å². The molecule has 1 fully saturated rings. The smallest absolute Gasteiger partial charge is 0.321 e. The number of anilines is 1. The lowest BCUT2D eigenvalue weighted by Gasteiger charge is -2.19. The molecule has 0 saturated heterocycles. The number of carbonyl (C=O) groups is 2. The van der Waals surface area contributed by atoms with Crippen LogP contribution in [0.25, 0.3) is 0 Å². The number of aliphatic carboxylic acids is 1. The number of carboxylic acids is 1. The average Bonchev–Trinajstić information content (AvgIpc) is 3.17. The quantitative estimate of drug-likeness (QED) is 0.852. The zero-order valence-electron chi connectivity index (χ0n) is 10.2. The standard InChI is InChI=1S/C13H16N2O3/c1-15(10-5-3-2-4-6-10)12(18)14-9-13(7-8-13)11(16)17/h2-6H,7-9H2,1H3,(H,14,18)(H,16,17). The van der Waals surface area contributed by atoms with E-state index >= 15 is 0 Å². The fourth-order valence-electron chi connectivity index (χ4n) is 1.75. The molecule has 5 heteroatoms. The monoisotopic (exact) mass is 248 g/mol. The van der Waals surface area contributed by atoms with Gasteiger partial charge in [0.2, 0.25) is 0 Å². The third kappa shape index (κ3) is 2.45. The van der Waals surface area contributed by atoms with Crippen LogP contribution in [-0.4, -0.2) is 30.7 Å². The molecule has 0 radical (unpaired) electrons. The van der Waals surface area contributed by atoms with Gasteiger partial charge >= 0.3 is 12.0 Å². The molecule has 0 heterocycles. The maximum absolute atomic E-state index is 11.9. The first-order valence-corrected chi connectivity index (χ1v) is 5.85. The molecule has 0 spiro atoms. The van der Waals surface area contributed by atoms with Crippen LogP contribution in [0.1, 0.15) is 12.8 Å². The first-order chi connectivity index (χ1) is 8.55. The normalized spacial score (nSPS) is 15.8. The summed E-state index contributed by atoms with van der Waals surface area (Å²) in [7, 11) is 1.66. The Kier molecular flexibility index (Phi) is 3.23. The van der Waals surface area contributed by atoms with Gasteiger partial charge in [0.1, 0.15) is 0 Å². The van der Waals surface area contributed by atoms with E-state index in [4.69, 9.17) is 5.11 Å². The molecule has 96 valence electrons. The first kappa shape index (κ1) is 12.4. The van der Waals surface area contributed by atoms with Crippen molar-refractivity contribution in [2.24, 2.45) is 5.41 Å². The van der Waals surface area contributed by atoms with Crippen molar-refractivity contribution in [1.29, 1.82) is 0 Å². The molecule has 0 unspecified atom stereocenters. The van der Waals surface area contributed by atoms with Crippen molar-refractivity contribution < 1.29 is 14.7 Å². The summed E-state index contributed by atoms with van der Waals surface area (Å²) in [6.45, 7) is 0.193. The second kappa shape index (κ2) is 4.68. The van der Waals surface area contributed by atoms with Crippen molar-refractivity contribution >= 4 is 17.7 Å². The van der Waals surface area contributed by atoms with Gasteiger partial charge in [-0.3, -0.25) is 9.69 Å². The van der Waals surface area contributed by atoms with E-state index < -0.39 is 11.4 Å². The fourth-order valence-corrected chi connectivity index (χ4v) is 1.75. The molecule has 0 aliphatic heterocycles. The zero-order chi connectivity index (χ0) is 13.2. The Hall–Kier alpha value is -2.04. The molecular formula is C13H16N2O3. The molecule has 18 heavy (non-hydrogen) atoms. The van der Waals surface area contributed by atoms with Gasteiger partial charge in [0.15, 0.2) is 0 Å². The molecule has 0 bridgehead atoms. The van der Waals surface area contributed by atoms with Crippen LogP contribution in [0.5, 0.6) is 0 Å². The van der Waals surface area contributed by atoms with Gasteiger partial charge in [-0.15, -0.1) is 0 Å². The van der Waals surface area contributed by atoms with Crippen LogP contribution in [0.2, 0.25) is 0 Å². The Morgan fingerprint density at radius 3 is 2.44 bits per heavy atom. The van der Waals surface area contributed by atoms with Crippen LogP contribution < -0.4 is 10.2 Å². The number of nitrogens with one attached hydrogen (secondary N) is 1. The van der Waals surface area contributed by atoms with E-state index in [0.29, 0.717) is 12.8 Å². The molecule has 2 rings (SSSR count). The van der Waals surface area contributed by atoms with Crippen LogP contribution in [0, 0.1) is 5.41 Å². The van der Waals surface area contributed by atoms with E-state index in [2.05, 4.69) is 5.32 Å². The largest absolute Gasteiger partial charge is 0.481 e. The summed E-state index contributed by atoms with van der Waals surface area (Å²) in [5, 5.41) is 11.7. The van der Waals surface area contributed by atoms with Crippen molar-refractivity contribution in [3.8, 4) is 0 Å². The lowest BCUT2D eigenvalue weighted by molar-refractivity contribution is -0.143. The number of urea groups is 1. The van der Waals surface area contributed by atoms with Gasteiger partial charge in [0, 0.05) is 19.3 Å². The van der Waals surface area contributed by atoms with Crippen LogP contribution in [0.4, 0.5) is 10.5 Å². The summed E-state index contributed by atoms with van der Waals surface area (Å²) in [6.07, 6.45) is 1.27. The highest BCUT2D eigenvalue weighted by Gasteiger charge is 2.50. The molecule has 2 amide bonds. The zero-order valence-corrected chi connectivity index (χ0v) is 10.2. The second-order valence-corrected chi connectivity index (χ2v) is 4.64. The number of nitrogens with zero attached hydrogens (tertiary/aromatic N) is 1. The summed E-state index contributed by atoms with van der Waals surface area (Å²) in [6, 6.07) is 8.93. The predicted octanol–water partition coefficient (Wildman–Crippen LogP) is 1.70. The van der Waals surface area contributed by atoms with Gasteiger partial charge in [-0.25, -0.2) is 4.79 Å².